The Kier molecular flexibility index (Phi) is 4.35. The molecule has 4 rings (SSSR count). The molecule has 0 spiro atoms. The third-order valence-electron chi connectivity index (χ3n) is 6.21. The summed E-state index contributed by atoms with van der Waals surface area (Å²) in [6.45, 7) is 0.947. The van der Waals surface area contributed by atoms with E-state index in [1.165, 1.54) is 36.8 Å². The van der Waals surface area contributed by atoms with Gasteiger partial charge in [-0.1, -0.05) is 25.1 Å². The van der Waals surface area contributed by atoms with Crippen molar-refractivity contribution in [1.82, 2.24) is 14.7 Å². The first-order chi connectivity index (χ1) is 11.5. The number of alkyl halides is 2. The number of hydrogen-bond acceptors (Lipinski definition) is 2. The molecule has 6 heteroatoms. The second-order valence-electron chi connectivity index (χ2n) is 7.78. The zero-order valence-electron chi connectivity index (χ0n) is 14.1. The van der Waals surface area contributed by atoms with Crippen LogP contribution < -0.4 is 0 Å². The van der Waals surface area contributed by atoms with Crippen molar-refractivity contribution in [2.24, 2.45) is 24.8 Å². The Labute approximate surface area is 147 Å². The van der Waals surface area contributed by atoms with Crippen LogP contribution in [0, 0.1) is 17.8 Å². The second-order valence-corrected chi connectivity index (χ2v) is 8.17. The topological polar surface area (TPSA) is 21.1 Å². The van der Waals surface area contributed by atoms with Crippen molar-refractivity contribution in [2.75, 3.05) is 6.54 Å². The van der Waals surface area contributed by atoms with Crippen LogP contribution in [0.25, 0.3) is 0 Å². The molecule has 0 amide bonds. The highest BCUT2D eigenvalue weighted by Crippen LogP contribution is 2.48. The van der Waals surface area contributed by atoms with Crippen molar-refractivity contribution in [1.29, 1.82) is 0 Å². The van der Waals surface area contributed by atoms with Crippen LogP contribution in [-0.2, 0) is 7.05 Å². The number of aryl methyl sites for hydroxylation is 1. The standard InChI is InChI=1S/C18H25F2N3S/c1-22-10-15(16(21-22)17(19)20)18(24)23(13-7-8-13)9-12-6-5-11-3-2-4-14(11)12/h10-14,17H,2-9H2,1H3. The van der Waals surface area contributed by atoms with Gasteiger partial charge in [0.1, 0.15) is 10.7 Å². The molecule has 0 bridgehead atoms. The summed E-state index contributed by atoms with van der Waals surface area (Å²) >= 11 is 5.67. The van der Waals surface area contributed by atoms with Crippen LogP contribution in [0.15, 0.2) is 6.20 Å². The highest BCUT2D eigenvalue weighted by molar-refractivity contribution is 7.80. The van der Waals surface area contributed by atoms with Gasteiger partial charge in [-0.25, -0.2) is 8.78 Å². The van der Waals surface area contributed by atoms with Crippen LogP contribution in [0.5, 0.6) is 0 Å². The van der Waals surface area contributed by atoms with Gasteiger partial charge in [-0.05, 0) is 49.9 Å². The number of aromatic nitrogens is 2. The average Bonchev–Trinajstić information content (AvgIpc) is 2.96. The van der Waals surface area contributed by atoms with Gasteiger partial charge in [0.15, 0.2) is 0 Å². The van der Waals surface area contributed by atoms with Crippen LogP contribution in [0.1, 0.15) is 62.6 Å². The molecule has 3 fully saturated rings. The lowest BCUT2D eigenvalue weighted by Crippen LogP contribution is -2.38. The van der Waals surface area contributed by atoms with Crippen LogP contribution >= 0.6 is 12.2 Å². The van der Waals surface area contributed by atoms with E-state index >= 15 is 0 Å². The van der Waals surface area contributed by atoms with Gasteiger partial charge in [0.25, 0.3) is 6.43 Å². The number of thiocarbonyl (C=S) groups is 1. The van der Waals surface area contributed by atoms with E-state index in [0.717, 1.165) is 31.2 Å². The van der Waals surface area contributed by atoms with Crippen molar-refractivity contribution in [3.05, 3.63) is 17.5 Å². The summed E-state index contributed by atoms with van der Waals surface area (Å²) < 4.78 is 28.1. The highest BCUT2D eigenvalue weighted by atomic mass is 32.1. The molecule has 0 N–H and O–H groups in total. The number of rotatable bonds is 5. The minimum absolute atomic E-state index is 0.168. The first-order valence-corrected chi connectivity index (χ1v) is 9.58. The summed E-state index contributed by atoms with van der Waals surface area (Å²) in [4.78, 5) is 2.84. The van der Waals surface area contributed by atoms with Gasteiger partial charge in [-0.3, -0.25) is 4.68 Å². The quantitative estimate of drug-likeness (QED) is 0.736. The fraction of sp³-hybridized carbons (Fsp3) is 0.778. The van der Waals surface area contributed by atoms with E-state index in [9.17, 15) is 8.78 Å². The molecule has 0 radical (unpaired) electrons. The normalized spacial score (nSPS) is 29.2. The summed E-state index contributed by atoms with van der Waals surface area (Å²) in [6.07, 6.45) is 8.04. The molecule has 0 aromatic carbocycles. The van der Waals surface area contributed by atoms with Gasteiger partial charge in [0.2, 0.25) is 0 Å². The Morgan fingerprint density at radius 3 is 2.79 bits per heavy atom. The molecule has 3 nitrogen and oxygen atoms in total. The third kappa shape index (κ3) is 2.98. The molecule has 1 heterocycles. The predicted molar refractivity (Wildman–Crippen MR) is 93.1 cm³/mol. The molecule has 1 aromatic heterocycles. The molecule has 3 unspecified atom stereocenters. The molecule has 132 valence electrons. The van der Waals surface area contributed by atoms with Gasteiger partial charge < -0.3 is 4.90 Å². The van der Waals surface area contributed by atoms with Crippen molar-refractivity contribution in [3.8, 4) is 0 Å². The molecule has 0 aliphatic heterocycles. The molecule has 3 aliphatic carbocycles. The SMILES string of the molecule is Cn1cc(C(=S)N(CC2CCC3CCCC32)C2CC2)c(C(F)F)n1. The van der Waals surface area contributed by atoms with Gasteiger partial charge in [-0.15, -0.1) is 0 Å². The van der Waals surface area contributed by atoms with Crippen molar-refractivity contribution < 1.29 is 8.78 Å². The van der Waals surface area contributed by atoms with E-state index in [2.05, 4.69) is 10.00 Å². The number of nitrogens with zero attached hydrogens (tertiary/aromatic N) is 3. The van der Waals surface area contributed by atoms with Crippen LogP contribution in [0.3, 0.4) is 0 Å². The molecular weight excluding hydrogens is 328 g/mol. The van der Waals surface area contributed by atoms with Crippen LogP contribution in [-0.4, -0.2) is 32.3 Å². The zero-order valence-corrected chi connectivity index (χ0v) is 14.9. The maximum atomic E-state index is 13.3. The average molecular weight is 353 g/mol. The molecular formula is C18H25F2N3S. The number of halogens is 2. The maximum Gasteiger partial charge on any atom is 0.282 e. The number of hydrogen-bond donors (Lipinski definition) is 0. The highest BCUT2D eigenvalue weighted by Gasteiger charge is 2.42. The summed E-state index contributed by atoms with van der Waals surface area (Å²) in [5, 5.41) is 3.93. The van der Waals surface area contributed by atoms with Gasteiger partial charge in [-0.2, -0.15) is 5.10 Å². The fourth-order valence-electron chi connectivity index (χ4n) is 4.94. The zero-order chi connectivity index (χ0) is 16.8. The smallest absolute Gasteiger partial charge is 0.282 e. The summed E-state index contributed by atoms with van der Waals surface area (Å²) in [5.74, 6) is 2.42. The van der Waals surface area contributed by atoms with E-state index in [0.29, 0.717) is 22.5 Å². The number of fused-ring (bicyclic) bond motifs is 1. The Morgan fingerprint density at radius 2 is 2.08 bits per heavy atom. The summed E-state index contributed by atoms with van der Waals surface area (Å²) in [7, 11) is 1.68. The second kappa shape index (κ2) is 6.36. The lowest BCUT2D eigenvalue weighted by atomic mass is 9.91. The molecule has 0 saturated heterocycles. The Hall–Kier alpha value is -1.04. The van der Waals surface area contributed by atoms with Crippen LogP contribution in [0.4, 0.5) is 8.78 Å². The lowest BCUT2D eigenvalue weighted by molar-refractivity contribution is 0.145. The minimum atomic E-state index is -2.58. The molecule has 3 aliphatic rings. The summed E-state index contributed by atoms with van der Waals surface area (Å²) in [5.41, 5.74) is 0.286. The monoisotopic (exact) mass is 353 g/mol. The minimum Gasteiger partial charge on any atom is -0.359 e. The first kappa shape index (κ1) is 16.4. The Morgan fingerprint density at radius 1 is 1.29 bits per heavy atom. The molecule has 3 atom stereocenters. The van der Waals surface area contributed by atoms with Crippen molar-refractivity contribution >= 4 is 17.2 Å². The molecule has 3 saturated carbocycles. The van der Waals surface area contributed by atoms with Crippen LogP contribution in [0.2, 0.25) is 0 Å². The first-order valence-electron chi connectivity index (χ1n) is 9.17. The molecule has 24 heavy (non-hydrogen) atoms. The third-order valence-corrected chi connectivity index (χ3v) is 6.66. The van der Waals surface area contributed by atoms with E-state index < -0.39 is 6.43 Å². The largest absolute Gasteiger partial charge is 0.359 e. The molecule has 1 aromatic rings. The van der Waals surface area contributed by atoms with Gasteiger partial charge in [0, 0.05) is 25.8 Å². The van der Waals surface area contributed by atoms with Gasteiger partial charge in [0.05, 0.1) is 5.56 Å². The van der Waals surface area contributed by atoms with Crippen molar-refractivity contribution in [3.63, 3.8) is 0 Å². The van der Waals surface area contributed by atoms with E-state index in [1.807, 2.05) is 0 Å². The predicted octanol–water partition coefficient (Wildman–Crippen LogP) is 4.32. The van der Waals surface area contributed by atoms with Gasteiger partial charge >= 0.3 is 0 Å². The summed E-state index contributed by atoms with van der Waals surface area (Å²) in [6, 6.07) is 0.448. The fourth-order valence-corrected chi connectivity index (χ4v) is 5.32. The Bertz CT molecular complexity index is 626. The van der Waals surface area contributed by atoms with E-state index in [4.69, 9.17) is 12.2 Å². The lowest BCUT2D eigenvalue weighted by Gasteiger charge is -2.30. The van der Waals surface area contributed by atoms with Crippen molar-refractivity contribution in [2.45, 2.75) is 57.4 Å². The van der Waals surface area contributed by atoms with E-state index in [1.54, 1.807) is 13.2 Å². The Balaban J connectivity index is 1.54. The maximum absolute atomic E-state index is 13.3. The van der Waals surface area contributed by atoms with E-state index in [-0.39, 0.29) is 5.69 Å².